The summed E-state index contributed by atoms with van der Waals surface area (Å²) in [6.45, 7) is 4.04. The first-order valence-corrected chi connectivity index (χ1v) is 7.68. The zero-order chi connectivity index (χ0) is 15.6. The van der Waals surface area contributed by atoms with Crippen molar-refractivity contribution < 1.29 is 19.5 Å². The van der Waals surface area contributed by atoms with E-state index < -0.39 is 5.97 Å². The molecule has 0 aromatic heterocycles. The first-order chi connectivity index (χ1) is 9.90. The number of carboxylic acid groups (broad SMARTS) is 1. The Morgan fingerprint density at radius 2 is 1.71 bits per heavy atom. The van der Waals surface area contributed by atoms with Gasteiger partial charge in [0.15, 0.2) is 0 Å². The number of imide groups is 1. The van der Waals surface area contributed by atoms with Crippen LogP contribution in [0.15, 0.2) is 12.2 Å². The molecule has 1 heterocycles. The van der Waals surface area contributed by atoms with Crippen molar-refractivity contribution in [2.24, 2.45) is 17.8 Å². The second-order valence-electron chi connectivity index (χ2n) is 6.39. The fraction of sp³-hybridized carbons (Fsp3) is 0.688. The second kappa shape index (κ2) is 6.41. The van der Waals surface area contributed by atoms with E-state index in [4.69, 9.17) is 5.11 Å². The summed E-state index contributed by atoms with van der Waals surface area (Å²) in [7, 11) is 0. The minimum atomic E-state index is -0.686. The monoisotopic (exact) mass is 293 g/mol. The number of carbonyl (C=O) groups is 3. The molecule has 5 heteroatoms. The van der Waals surface area contributed by atoms with E-state index in [-0.39, 0.29) is 23.8 Å². The third kappa shape index (κ3) is 3.52. The van der Waals surface area contributed by atoms with Crippen LogP contribution in [0.1, 0.15) is 46.0 Å². The van der Waals surface area contributed by atoms with Gasteiger partial charge in [0, 0.05) is 18.2 Å². The molecule has 5 nitrogen and oxygen atoms in total. The van der Waals surface area contributed by atoms with Crippen molar-refractivity contribution in [3.05, 3.63) is 12.2 Å². The first-order valence-electron chi connectivity index (χ1n) is 7.68. The lowest BCUT2D eigenvalue weighted by Gasteiger charge is -2.33. The number of nitrogens with zero attached hydrogens (tertiary/aromatic N) is 1. The van der Waals surface area contributed by atoms with Crippen LogP contribution < -0.4 is 0 Å². The molecule has 0 aromatic rings. The molecule has 2 aliphatic rings. The SMILES string of the molecule is CC(CC(C)N1C(=O)C=CC1=O)C1CCC(C(=O)O)CC1. The van der Waals surface area contributed by atoms with Crippen LogP contribution in [0, 0.1) is 17.8 Å². The molecule has 2 atom stereocenters. The summed E-state index contributed by atoms with van der Waals surface area (Å²) in [4.78, 5) is 35.6. The number of hydrogen-bond acceptors (Lipinski definition) is 3. The summed E-state index contributed by atoms with van der Waals surface area (Å²) in [6.07, 6.45) is 6.74. The third-order valence-corrected chi connectivity index (χ3v) is 4.92. The van der Waals surface area contributed by atoms with Crippen LogP contribution in [-0.2, 0) is 14.4 Å². The largest absolute Gasteiger partial charge is 0.481 e. The van der Waals surface area contributed by atoms with E-state index in [9.17, 15) is 14.4 Å². The summed E-state index contributed by atoms with van der Waals surface area (Å²) in [6, 6.07) is -0.104. The summed E-state index contributed by atoms with van der Waals surface area (Å²) in [5.41, 5.74) is 0. The van der Waals surface area contributed by atoms with Crippen LogP contribution in [0.3, 0.4) is 0 Å². The van der Waals surface area contributed by atoms with Crippen LogP contribution in [-0.4, -0.2) is 33.8 Å². The third-order valence-electron chi connectivity index (χ3n) is 4.92. The van der Waals surface area contributed by atoms with E-state index >= 15 is 0 Å². The van der Waals surface area contributed by atoms with Gasteiger partial charge in [-0.25, -0.2) is 0 Å². The van der Waals surface area contributed by atoms with Gasteiger partial charge in [0.2, 0.25) is 0 Å². The maximum Gasteiger partial charge on any atom is 0.306 e. The average molecular weight is 293 g/mol. The van der Waals surface area contributed by atoms with Gasteiger partial charge < -0.3 is 5.11 Å². The molecule has 1 aliphatic carbocycles. The fourth-order valence-corrected chi connectivity index (χ4v) is 3.62. The molecule has 0 radical (unpaired) electrons. The van der Waals surface area contributed by atoms with Gasteiger partial charge in [-0.15, -0.1) is 0 Å². The molecule has 0 bridgehead atoms. The Bertz CT molecular complexity index is 445. The molecular weight excluding hydrogens is 270 g/mol. The summed E-state index contributed by atoms with van der Waals surface area (Å²) >= 11 is 0. The van der Waals surface area contributed by atoms with Crippen molar-refractivity contribution in [3.8, 4) is 0 Å². The highest BCUT2D eigenvalue weighted by Crippen LogP contribution is 2.35. The van der Waals surface area contributed by atoms with Gasteiger partial charge in [-0.3, -0.25) is 19.3 Å². The zero-order valence-corrected chi connectivity index (χ0v) is 12.6. The predicted molar refractivity (Wildman–Crippen MR) is 77.3 cm³/mol. The van der Waals surface area contributed by atoms with Crippen molar-refractivity contribution in [1.29, 1.82) is 0 Å². The average Bonchev–Trinajstić information content (AvgIpc) is 2.78. The van der Waals surface area contributed by atoms with Crippen molar-refractivity contribution >= 4 is 17.8 Å². The summed E-state index contributed by atoms with van der Waals surface area (Å²) in [5, 5.41) is 9.02. The quantitative estimate of drug-likeness (QED) is 0.789. The molecule has 1 saturated carbocycles. The highest BCUT2D eigenvalue weighted by atomic mass is 16.4. The zero-order valence-electron chi connectivity index (χ0n) is 12.6. The molecule has 2 unspecified atom stereocenters. The molecule has 2 amide bonds. The highest BCUT2D eigenvalue weighted by molar-refractivity contribution is 6.13. The fourth-order valence-electron chi connectivity index (χ4n) is 3.62. The smallest absolute Gasteiger partial charge is 0.306 e. The molecule has 0 spiro atoms. The number of amides is 2. The van der Waals surface area contributed by atoms with Gasteiger partial charge in [0.1, 0.15) is 0 Å². The van der Waals surface area contributed by atoms with Crippen molar-refractivity contribution in [2.75, 3.05) is 0 Å². The highest BCUT2D eigenvalue weighted by Gasteiger charge is 2.33. The molecule has 1 aliphatic heterocycles. The van der Waals surface area contributed by atoms with E-state index in [1.54, 1.807) is 0 Å². The van der Waals surface area contributed by atoms with Gasteiger partial charge in [-0.05, 0) is 50.9 Å². The topological polar surface area (TPSA) is 74.7 Å². The lowest BCUT2D eigenvalue weighted by atomic mass is 9.74. The first kappa shape index (κ1) is 15.7. The van der Waals surface area contributed by atoms with E-state index in [0.717, 1.165) is 32.1 Å². The molecule has 21 heavy (non-hydrogen) atoms. The van der Waals surface area contributed by atoms with Gasteiger partial charge in [-0.1, -0.05) is 6.92 Å². The van der Waals surface area contributed by atoms with E-state index in [0.29, 0.717) is 11.8 Å². The standard InChI is InChI=1S/C16H23NO4/c1-10(12-3-5-13(6-4-12)16(20)21)9-11(2)17-14(18)7-8-15(17)19/h7-8,10-13H,3-6,9H2,1-2H3,(H,20,21). The van der Waals surface area contributed by atoms with Crippen LogP contribution in [0.2, 0.25) is 0 Å². The predicted octanol–water partition coefficient (Wildman–Crippen LogP) is 2.22. The Kier molecular flexibility index (Phi) is 4.80. The van der Waals surface area contributed by atoms with Gasteiger partial charge in [0.05, 0.1) is 5.92 Å². The van der Waals surface area contributed by atoms with Gasteiger partial charge in [0.25, 0.3) is 11.8 Å². The molecule has 0 saturated heterocycles. The minimum Gasteiger partial charge on any atom is -0.481 e. The van der Waals surface area contributed by atoms with Crippen LogP contribution >= 0.6 is 0 Å². The Labute approximate surface area is 125 Å². The number of carbonyl (C=O) groups excluding carboxylic acids is 2. The molecule has 2 rings (SSSR count). The molecule has 1 N–H and O–H groups in total. The van der Waals surface area contributed by atoms with Crippen molar-refractivity contribution in [3.63, 3.8) is 0 Å². The molecule has 1 fully saturated rings. The Morgan fingerprint density at radius 3 is 2.19 bits per heavy atom. The molecule has 0 aromatic carbocycles. The van der Waals surface area contributed by atoms with Gasteiger partial charge in [-0.2, -0.15) is 0 Å². The van der Waals surface area contributed by atoms with Crippen molar-refractivity contribution in [2.45, 2.75) is 52.0 Å². The van der Waals surface area contributed by atoms with E-state index in [2.05, 4.69) is 6.92 Å². The Balaban J connectivity index is 1.85. The number of rotatable bonds is 5. The molecule has 116 valence electrons. The Hall–Kier alpha value is -1.65. The second-order valence-corrected chi connectivity index (χ2v) is 6.39. The summed E-state index contributed by atoms with van der Waals surface area (Å²) in [5.74, 6) is -0.464. The number of hydrogen-bond donors (Lipinski definition) is 1. The van der Waals surface area contributed by atoms with Crippen LogP contribution in [0.5, 0.6) is 0 Å². The number of aliphatic carboxylic acids is 1. The maximum absolute atomic E-state index is 11.7. The molecular formula is C16H23NO4. The van der Waals surface area contributed by atoms with Gasteiger partial charge >= 0.3 is 5.97 Å². The summed E-state index contributed by atoms with van der Waals surface area (Å²) < 4.78 is 0. The van der Waals surface area contributed by atoms with E-state index in [1.165, 1.54) is 17.1 Å². The Morgan fingerprint density at radius 1 is 1.19 bits per heavy atom. The minimum absolute atomic E-state index is 0.104. The van der Waals surface area contributed by atoms with Crippen LogP contribution in [0.4, 0.5) is 0 Å². The lowest BCUT2D eigenvalue weighted by molar-refractivity contribution is -0.144. The lowest BCUT2D eigenvalue weighted by Crippen LogP contribution is -2.40. The maximum atomic E-state index is 11.7. The normalized spacial score (nSPS) is 28.8. The van der Waals surface area contributed by atoms with E-state index in [1.807, 2.05) is 6.92 Å². The van der Waals surface area contributed by atoms with Crippen molar-refractivity contribution in [1.82, 2.24) is 4.90 Å². The van der Waals surface area contributed by atoms with Crippen LogP contribution in [0.25, 0.3) is 0 Å². The number of carboxylic acids is 1.